The van der Waals surface area contributed by atoms with Crippen molar-refractivity contribution in [3.63, 3.8) is 0 Å². The third-order valence-electron chi connectivity index (χ3n) is 1.68. The number of nitrogens with one attached hydrogen (secondary N) is 1. The van der Waals surface area contributed by atoms with Crippen LogP contribution in [0.4, 0.5) is 5.69 Å². The van der Waals surface area contributed by atoms with Crippen molar-refractivity contribution in [1.82, 2.24) is 9.38 Å². The fraction of sp³-hybridized carbons (Fsp3) is 0.222. The lowest BCUT2D eigenvalue weighted by Gasteiger charge is -1.99. The third-order valence-corrected chi connectivity index (χ3v) is 1.68. The maximum Gasteiger partial charge on any atom is 0.136 e. The number of aromatic nitrogens is 2. The fourth-order valence-electron chi connectivity index (χ4n) is 1.07. The first-order valence-electron chi connectivity index (χ1n) is 3.95. The first kappa shape index (κ1) is 9.92. The van der Waals surface area contributed by atoms with Crippen LogP contribution in [-0.2, 0) is 0 Å². The summed E-state index contributed by atoms with van der Waals surface area (Å²) in [6.07, 6.45) is 7.41. The summed E-state index contributed by atoms with van der Waals surface area (Å²) < 4.78 is 1.98. The standard InChI is InChI=1S/C8H9N3.CH4S/c1-9-7-2-3-8-10-4-5-11(8)6-7;1-2/h2-6,9H,1H3;2H,1H3. The second kappa shape index (κ2) is 4.77. The Bertz CT molecular complexity index is 370. The molecule has 4 heteroatoms. The molecule has 2 rings (SSSR count). The molecular formula is C9H13N3S. The average Bonchev–Trinajstić information content (AvgIpc) is 2.67. The Balaban J connectivity index is 0.000000396. The third kappa shape index (κ3) is 2.15. The van der Waals surface area contributed by atoms with Crippen LogP contribution in [0.2, 0.25) is 0 Å². The number of anilines is 1. The summed E-state index contributed by atoms with van der Waals surface area (Å²) in [5, 5.41) is 3.06. The fourth-order valence-corrected chi connectivity index (χ4v) is 1.07. The van der Waals surface area contributed by atoms with Crippen LogP contribution in [0.3, 0.4) is 0 Å². The summed E-state index contributed by atoms with van der Waals surface area (Å²) in [5.74, 6) is 0. The van der Waals surface area contributed by atoms with E-state index < -0.39 is 0 Å². The quantitative estimate of drug-likeness (QED) is 0.681. The van der Waals surface area contributed by atoms with E-state index in [1.807, 2.05) is 36.0 Å². The summed E-state index contributed by atoms with van der Waals surface area (Å²) in [5.41, 5.74) is 2.07. The number of thiol groups is 1. The molecule has 1 N–H and O–H groups in total. The Kier molecular flexibility index (Phi) is 3.64. The van der Waals surface area contributed by atoms with Crippen molar-refractivity contribution < 1.29 is 0 Å². The van der Waals surface area contributed by atoms with Gasteiger partial charge in [-0.3, -0.25) is 0 Å². The van der Waals surface area contributed by atoms with Gasteiger partial charge in [0.25, 0.3) is 0 Å². The van der Waals surface area contributed by atoms with E-state index in [0.29, 0.717) is 0 Å². The molecular weight excluding hydrogens is 182 g/mol. The Labute approximate surface area is 83.2 Å². The van der Waals surface area contributed by atoms with E-state index in [-0.39, 0.29) is 0 Å². The molecule has 0 amide bonds. The van der Waals surface area contributed by atoms with E-state index in [4.69, 9.17) is 0 Å². The summed E-state index contributed by atoms with van der Waals surface area (Å²) in [6.45, 7) is 0. The van der Waals surface area contributed by atoms with Crippen molar-refractivity contribution in [2.75, 3.05) is 18.6 Å². The molecule has 0 saturated carbocycles. The molecule has 0 spiro atoms. The molecule has 0 aromatic carbocycles. The molecule has 2 aromatic heterocycles. The van der Waals surface area contributed by atoms with Crippen molar-refractivity contribution in [2.24, 2.45) is 0 Å². The van der Waals surface area contributed by atoms with Crippen LogP contribution in [0.15, 0.2) is 30.7 Å². The molecule has 2 heterocycles. The van der Waals surface area contributed by atoms with Crippen molar-refractivity contribution in [2.45, 2.75) is 0 Å². The average molecular weight is 195 g/mol. The monoisotopic (exact) mass is 195 g/mol. The van der Waals surface area contributed by atoms with Gasteiger partial charge in [-0.1, -0.05) is 0 Å². The normalized spacial score (nSPS) is 9.15. The highest BCUT2D eigenvalue weighted by Crippen LogP contribution is 2.07. The lowest BCUT2D eigenvalue weighted by molar-refractivity contribution is 1.18. The molecule has 0 aliphatic rings. The largest absolute Gasteiger partial charge is 0.387 e. The molecule has 0 radical (unpaired) electrons. The number of nitrogens with zero attached hydrogens (tertiary/aromatic N) is 2. The molecule has 70 valence electrons. The smallest absolute Gasteiger partial charge is 0.136 e. The number of fused-ring (bicyclic) bond motifs is 1. The summed E-state index contributed by atoms with van der Waals surface area (Å²) in [4.78, 5) is 4.13. The predicted molar refractivity (Wildman–Crippen MR) is 59.6 cm³/mol. The van der Waals surface area contributed by atoms with Crippen LogP contribution in [0.25, 0.3) is 5.65 Å². The van der Waals surface area contributed by atoms with Crippen LogP contribution >= 0.6 is 12.6 Å². The summed E-state index contributed by atoms with van der Waals surface area (Å²) >= 11 is 3.53. The minimum absolute atomic E-state index is 0.976. The second-order valence-corrected chi connectivity index (χ2v) is 2.36. The molecule has 0 fully saturated rings. The highest BCUT2D eigenvalue weighted by molar-refractivity contribution is 7.79. The molecule has 2 aromatic rings. The Morgan fingerprint density at radius 3 is 2.85 bits per heavy atom. The van der Waals surface area contributed by atoms with Gasteiger partial charge >= 0.3 is 0 Å². The molecule has 0 aliphatic carbocycles. The van der Waals surface area contributed by atoms with Crippen LogP contribution in [-0.4, -0.2) is 22.7 Å². The van der Waals surface area contributed by atoms with E-state index in [1.54, 1.807) is 12.5 Å². The Hall–Kier alpha value is -1.16. The van der Waals surface area contributed by atoms with E-state index in [1.165, 1.54) is 0 Å². The molecule has 0 bridgehead atoms. The minimum Gasteiger partial charge on any atom is -0.387 e. The van der Waals surface area contributed by atoms with Crippen LogP contribution in [0.1, 0.15) is 0 Å². The maximum absolute atomic E-state index is 4.13. The highest BCUT2D eigenvalue weighted by Gasteiger charge is 1.92. The van der Waals surface area contributed by atoms with Gasteiger partial charge in [0.15, 0.2) is 0 Å². The maximum atomic E-state index is 4.13. The predicted octanol–water partition coefficient (Wildman–Crippen LogP) is 1.92. The van der Waals surface area contributed by atoms with Gasteiger partial charge in [-0.15, -0.1) is 0 Å². The Morgan fingerprint density at radius 1 is 1.38 bits per heavy atom. The van der Waals surface area contributed by atoms with Crippen molar-refractivity contribution >= 4 is 24.0 Å². The van der Waals surface area contributed by atoms with E-state index in [0.717, 1.165) is 11.3 Å². The molecule has 0 saturated heterocycles. The van der Waals surface area contributed by atoms with Crippen LogP contribution < -0.4 is 5.32 Å². The van der Waals surface area contributed by atoms with Crippen LogP contribution in [0.5, 0.6) is 0 Å². The number of hydrogen-bond donors (Lipinski definition) is 2. The Morgan fingerprint density at radius 2 is 2.15 bits per heavy atom. The lowest BCUT2D eigenvalue weighted by atomic mass is 10.4. The van der Waals surface area contributed by atoms with Gasteiger partial charge in [-0.2, -0.15) is 12.6 Å². The summed E-state index contributed by atoms with van der Waals surface area (Å²) in [6, 6.07) is 3.98. The number of rotatable bonds is 1. The lowest BCUT2D eigenvalue weighted by Crippen LogP contribution is -1.90. The molecule has 0 atom stereocenters. The van der Waals surface area contributed by atoms with Crippen molar-refractivity contribution in [1.29, 1.82) is 0 Å². The van der Waals surface area contributed by atoms with Crippen LogP contribution in [0, 0.1) is 0 Å². The van der Waals surface area contributed by atoms with E-state index in [9.17, 15) is 0 Å². The zero-order valence-electron chi connectivity index (χ0n) is 7.73. The number of pyridine rings is 1. The van der Waals surface area contributed by atoms with Gasteiger partial charge < -0.3 is 9.72 Å². The van der Waals surface area contributed by atoms with Crippen molar-refractivity contribution in [3.05, 3.63) is 30.7 Å². The van der Waals surface area contributed by atoms with Gasteiger partial charge in [0, 0.05) is 25.6 Å². The molecule has 0 aliphatic heterocycles. The van der Waals surface area contributed by atoms with Gasteiger partial charge in [0.05, 0.1) is 5.69 Å². The molecule has 3 nitrogen and oxygen atoms in total. The highest BCUT2D eigenvalue weighted by atomic mass is 32.1. The van der Waals surface area contributed by atoms with Gasteiger partial charge in [0.1, 0.15) is 5.65 Å². The second-order valence-electron chi connectivity index (χ2n) is 2.36. The number of imidazole rings is 1. The molecule has 13 heavy (non-hydrogen) atoms. The first-order chi connectivity index (χ1) is 6.40. The number of hydrogen-bond acceptors (Lipinski definition) is 3. The van der Waals surface area contributed by atoms with Gasteiger partial charge in [-0.25, -0.2) is 4.98 Å². The summed E-state index contributed by atoms with van der Waals surface area (Å²) in [7, 11) is 1.90. The van der Waals surface area contributed by atoms with E-state index >= 15 is 0 Å². The SMILES string of the molecule is CNc1ccc2nccn2c1.CS. The zero-order valence-corrected chi connectivity index (χ0v) is 8.62. The topological polar surface area (TPSA) is 29.3 Å². The van der Waals surface area contributed by atoms with Gasteiger partial charge in [-0.05, 0) is 18.4 Å². The zero-order chi connectivity index (χ0) is 9.68. The van der Waals surface area contributed by atoms with Gasteiger partial charge in [0.2, 0.25) is 0 Å². The first-order valence-corrected chi connectivity index (χ1v) is 4.85. The minimum atomic E-state index is 0.976. The van der Waals surface area contributed by atoms with Crippen molar-refractivity contribution in [3.8, 4) is 0 Å². The van der Waals surface area contributed by atoms with E-state index in [2.05, 4.69) is 22.9 Å². The molecule has 0 unspecified atom stereocenters.